The molecule has 72 valence electrons. The highest BCUT2D eigenvalue weighted by Gasteiger charge is 2.17. The van der Waals surface area contributed by atoms with Crippen molar-refractivity contribution < 1.29 is 9.90 Å². The molecule has 12 heavy (non-hydrogen) atoms. The molecule has 0 radical (unpaired) electrons. The van der Waals surface area contributed by atoms with Gasteiger partial charge in [-0.2, -0.15) is 0 Å². The van der Waals surface area contributed by atoms with Crippen LogP contribution in [0.15, 0.2) is 0 Å². The molecule has 0 saturated carbocycles. The minimum Gasteiger partial charge on any atom is -0.390 e. The average molecular weight is 173 g/mol. The van der Waals surface area contributed by atoms with Gasteiger partial charge in [0.25, 0.3) is 0 Å². The van der Waals surface area contributed by atoms with Crippen LogP contribution in [0.1, 0.15) is 33.6 Å². The number of Topliss-reactive ketones (excluding diaryl/α,β-unsaturated/α-hetero) is 1. The molecule has 1 unspecified atom stereocenters. The minimum atomic E-state index is -0.676. The first kappa shape index (κ1) is 11.6. The summed E-state index contributed by atoms with van der Waals surface area (Å²) in [6.07, 6.45) is 1.33. The van der Waals surface area contributed by atoms with Crippen LogP contribution in [0.3, 0.4) is 0 Å². The molecule has 0 saturated heterocycles. The number of carbonyl (C=O) groups excluding carboxylic acids is 1. The molecule has 0 aliphatic heterocycles. The van der Waals surface area contributed by atoms with Crippen molar-refractivity contribution in [1.29, 1.82) is 0 Å². The van der Waals surface area contributed by atoms with Crippen molar-refractivity contribution in [3.05, 3.63) is 0 Å². The van der Waals surface area contributed by atoms with E-state index in [2.05, 4.69) is 5.32 Å². The topological polar surface area (TPSA) is 49.3 Å². The van der Waals surface area contributed by atoms with Crippen molar-refractivity contribution >= 4 is 5.78 Å². The molecule has 0 amide bonds. The summed E-state index contributed by atoms with van der Waals surface area (Å²) >= 11 is 0. The van der Waals surface area contributed by atoms with Crippen LogP contribution in [0.25, 0.3) is 0 Å². The maximum absolute atomic E-state index is 10.9. The van der Waals surface area contributed by atoms with Gasteiger partial charge in [-0.1, -0.05) is 0 Å². The van der Waals surface area contributed by atoms with E-state index in [1.165, 1.54) is 0 Å². The monoisotopic (exact) mass is 173 g/mol. The number of aliphatic hydroxyl groups is 1. The molecule has 0 aromatic carbocycles. The summed E-state index contributed by atoms with van der Waals surface area (Å²) in [4.78, 5) is 10.9. The van der Waals surface area contributed by atoms with E-state index >= 15 is 0 Å². The Bertz CT molecular complexity index is 149. The third kappa shape index (κ3) is 5.27. The summed E-state index contributed by atoms with van der Waals surface area (Å²) < 4.78 is 0. The Kier molecular flexibility index (Phi) is 4.42. The Morgan fingerprint density at radius 3 is 2.33 bits per heavy atom. The zero-order chi connectivity index (χ0) is 9.78. The molecule has 0 bridgehead atoms. The number of nitrogens with one attached hydrogen (secondary N) is 1. The number of hydrogen-bond acceptors (Lipinski definition) is 3. The van der Waals surface area contributed by atoms with Gasteiger partial charge in [0, 0.05) is 0 Å². The van der Waals surface area contributed by atoms with Gasteiger partial charge in [0.05, 0.1) is 11.6 Å². The predicted octanol–water partition coefficient (Wildman–Crippen LogP) is 0.714. The summed E-state index contributed by atoms with van der Waals surface area (Å²) in [5.41, 5.74) is -0.676. The highest BCUT2D eigenvalue weighted by molar-refractivity contribution is 5.81. The van der Waals surface area contributed by atoms with Crippen LogP contribution in [0.2, 0.25) is 0 Å². The molecular formula is C9H19NO2. The van der Waals surface area contributed by atoms with E-state index in [1.54, 1.807) is 27.8 Å². The molecule has 0 aliphatic carbocycles. The summed E-state index contributed by atoms with van der Waals surface area (Å²) in [6.45, 7) is 5.06. The lowest BCUT2D eigenvalue weighted by molar-refractivity contribution is -0.119. The van der Waals surface area contributed by atoms with Gasteiger partial charge < -0.3 is 10.4 Å². The predicted molar refractivity (Wildman–Crippen MR) is 49.1 cm³/mol. The van der Waals surface area contributed by atoms with Crippen molar-refractivity contribution in [1.82, 2.24) is 5.32 Å². The standard InChI is InChI=1S/C9H19NO2/c1-7(11)8(10-4)5-6-9(2,3)12/h8,10,12H,5-6H2,1-4H3. The third-order valence-electron chi connectivity index (χ3n) is 1.88. The second-order valence-electron chi connectivity index (χ2n) is 3.80. The van der Waals surface area contributed by atoms with Crippen molar-refractivity contribution in [2.75, 3.05) is 7.05 Å². The first-order valence-electron chi connectivity index (χ1n) is 4.27. The Hall–Kier alpha value is -0.410. The number of ketones is 1. The molecule has 1 atom stereocenters. The second-order valence-corrected chi connectivity index (χ2v) is 3.80. The first-order chi connectivity index (χ1) is 5.37. The fourth-order valence-electron chi connectivity index (χ4n) is 1.05. The van der Waals surface area contributed by atoms with E-state index in [4.69, 9.17) is 0 Å². The Morgan fingerprint density at radius 1 is 1.58 bits per heavy atom. The van der Waals surface area contributed by atoms with Crippen LogP contribution in [0, 0.1) is 0 Å². The van der Waals surface area contributed by atoms with Crippen LogP contribution in [0.5, 0.6) is 0 Å². The number of carbonyl (C=O) groups is 1. The number of rotatable bonds is 5. The lowest BCUT2D eigenvalue weighted by atomic mass is 9.98. The van der Waals surface area contributed by atoms with Gasteiger partial charge in [-0.05, 0) is 40.7 Å². The quantitative estimate of drug-likeness (QED) is 0.644. The second kappa shape index (κ2) is 4.58. The van der Waals surface area contributed by atoms with Crippen LogP contribution in [0.4, 0.5) is 0 Å². The van der Waals surface area contributed by atoms with E-state index in [9.17, 15) is 9.90 Å². The van der Waals surface area contributed by atoms with Gasteiger partial charge in [0.15, 0.2) is 0 Å². The number of likely N-dealkylation sites (N-methyl/N-ethyl adjacent to an activating group) is 1. The van der Waals surface area contributed by atoms with E-state index in [0.717, 1.165) is 0 Å². The molecule has 0 aliphatic rings. The molecule has 3 heteroatoms. The van der Waals surface area contributed by atoms with E-state index in [-0.39, 0.29) is 11.8 Å². The van der Waals surface area contributed by atoms with Crippen molar-refractivity contribution in [3.63, 3.8) is 0 Å². The van der Waals surface area contributed by atoms with Crippen molar-refractivity contribution in [2.45, 2.75) is 45.3 Å². The highest BCUT2D eigenvalue weighted by atomic mass is 16.3. The molecule has 3 nitrogen and oxygen atoms in total. The summed E-state index contributed by atoms with van der Waals surface area (Å²) in [6, 6.07) is -0.114. The lowest BCUT2D eigenvalue weighted by Crippen LogP contribution is -2.34. The number of hydrogen-bond donors (Lipinski definition) is 2. The third-order valence-corrected chi connectivity index (χ3v) is 1.88. The fraction of sp³-hybridized carbons (Fsp3) is 0.889. The van der Waals surface area contributed by atoms with Crippen LogP contribution in [-0.4, -0.2) is 29.6 Å². The average Bonchev–Trinajstić information content (AvgIpc) is 1.85. The zero-order valence-corrected chi connectivity index (χ0v) is 8.35. The molecule has 0 spiro atoms. The van der Waals surface area contributed by atoms with Crippen molar-refractivity contribution in [3.8, 4) is 0 Å². The fourth-order valence-corrected chi connectivity index (χ4v) is 1.05. The molecular weight excluding hydrogens is 154 g/mol. The van der Waals surface area contributed by atoms with Crippen LogP contribution >= 0.6 is 0 Å². The van der Waals surface area contributed by atoms with E-state index in [1.807, 2.05) is 0 Å². The maximum atomic E-state index is 10.9. The highest BCUT2D eigenvalue weighted by Crippen LogP contribution is 2.12. The first-order valence-corrected chi connectivity index (χ1v) is 4.27. The van der Waals surface area contributed by atoms with Crippen LogP contribution in [-0.2, 0) is 4.79 Å². The van der Waals surface area contributed by atoms with Gasteiger partial charge >= 0.3 is 0 Å². The lowest BCUT2D eigenvalue weighted by Gasteiger charge is -2.20. The Balaban J connectivity index is 3.81. The Morgan fingerprint density at radius 2 is 2.08 bits per heavy atom. The van der Waals surface area contributed by atoms with Gasteiger partial charge in [0.1, 0.15) is 5.78 Å². The summed E-state index contributed by atoms with van der Waals surface area (Å²) in [7, 11) is 1.76. The van der Waals surface area contributed by atoms with Gasteiger partial charge in [0.2, 0.25) is 0 Å². The van der Waals surface area contributed by atoms with Gasteiger partial charge in [-0.25, -0.2) is 0 Å². The van der Waals surface area contributed by atoms with Crippen LogP contribution < -0.4 is 5.32 Å². The smallest absolute Gasteiger partial charge is 0.146 e. The van der Waals surface area contributed by atoms with Crippen molar-refractivity contribution in [2.24, 2.45) is 0 Å². The molecule has 0 aromatic rings. The molecule has 0 aromatic heterocycles. The minimum absolute atomic E-state index is 0.114. The van der Waals surface area contributed by atoms with Gasteiger partial charge in [-0.3, -0.25) is 4.79 Å². The molecule has 2 N–H and O–H groups in total. The molecule has 0 fully saturated rings. The molecule has 0 rings (SSSR count). The summed E-state index contributed by atoms with van der Waals surface area (Å²) in [5, 5.41) is 12.3. The summed E-state index contributed by atoms with van der Waals surface area (Å²) in [5.74, 6) is 0.127. The maximum Gasteiger partial charge on any atom is 0.146 e. The van der Waals surface area contributed by atoms with E-state index in [0.29, 0.717) is 12.8 Å². The Labute approximate surface area is 74.2 Å². The largest absolute Gasteiger partial charge is 0.390 e. The van der Waals surface area contributed by atoms with E-state index < -0.39 is 5.60 Å². The normalized spacial score (nSPS) is 14.4. The SMILES string of the molecule is CNC(CCC(C)(C)O)C(C)=O. The zero-order valence-electron chi connectivity index (χ0n) is 8.35. The van der Waals surface area contributed by atoms with Gasteiger partial charge in [-0.15, -0.1) is 0 Å². The molecule has 0 heterocycles.